The minimum absolute atomic E-state index is 0.244. The summed E-state index contributed by atoms with van der Waals surface area (Å²) in [5.41, 5.74) is 3.34. The van der Waals surface area contributed by atoms with Crippen LogP contribution in [0, 0.1) is 0 Å². The molecule has 1 aliphatic carbocycles. The molecule has 1 fully saturated rings. The van der Waals surface area contributed by atoms with Crippen LogP contribution in [0.2, 0.25) is 0 Å². The molecule has 0 unspecified atom stereocenters. The number of aryl methyl sites for hydroxylation is 1. The van der Waals surface area contributed by atoms with Gasteiger partial charge in [-0.1, -0.05) is 25.1 Å². The van der Waals surface area contributed by atoms with Gasteiger partial charge >= 0.3 is 0 Å². The second kappa shape index (κ2) is 9.00. The minimum Gasteiger partial charge on any atom is -0.304 e. The number of aromatic nitrogens is 4. The molecule has 0 N–H and O–H groups in total. The highest BCUT2D eigenvalue weighted by molar-refractivity contribution is 7.90. The third-order valence-corrected chi connectivity index (χ3v) is 8.90. The predicted octanol–water partition coefficient (Wildman–Crippen LogP) is 4.65. The quantitative estimate of drug-likeness (QED) is 0.404. The molecule has 0 radical (unpaired) electrons. The first kappa shape index (κ1) is 22.8. The summed E-state index contributed by atoms with van der Waals surface area (Å²) in [6, 6.07) is 11.3. The van der Waals surface area contributed by atoms with Crippen LogP contribution < -0.4 is 0 Å². The van der Waals surface area contributed by atoms with Gasteiger partial charge < -0.3 is 4.90 Å². The summed E-state index contributed by atoms with van der Waals surface area (Å²) in [6.45, 7) is 3.28. The van der Waals surface area contributed by atoms with Crippen molar-refractivity contribution in [2.24, 2.45) is 7.05 Å². The van der Waals surface area contributed by atoms with Gasteiger partial charge in [-0.25, -0.2) is 17.4 Å². The van der Waals surface area contributed by atoms with Crippen molar-refractivity contribution in [3.63, 3.8) is 0 Å². The van der Waals surface area contributed by atoms with Crippen LogP contribution in [0.25, 0.3) is 22.2 Å². The molecule has 34 heavy (non-hydrogen) atoms. The van der Waals surface area contributed by atoms with Crippen LogP contribution in [-0.4, -0.2) is 51.7 Å². The number of nitrogens with zero attached hydrogens (tertiary/aromatic N) is 5. The average Bonchev–Trinajstić information content (AvgIpc) is 3.47. The highest BCUT2D eigenvalue weighted by atomic mass is 32.2. The lowest BCUT2D eigenvalue weighted by molar-refractivity contribution is 0.190. The third kappa shape index (κ3) is 4.05. The van der Waals surface area contributed by atoms with E-state index in [-0.39, 0.29) is 4.90 Å². The number of pyridine rings is 1. The van der Waals surface area contributed by atoms with Crippen LogP contribution in [0.1, 0.15) is 44.1 Å². The van der Waals surface area contributed by atoms with Crippen molar-refractivity contribution < 1.29 is 8.42 Å². The SMILES string of the molecule is CCN(C)C1CCC(c2cnc3c(c2)c(-c2cnn(C)c2)cn3S(=O)(=O)c2ccccc2)CC1. The van der Waals surface area contributed by atoms with Crippen LogP contribution in [0.15, 0.2) is 66.1 Å². The maximum Gasteiger partial charge on any atom is 0.269 e. The topological polar surface area (TPSA) is 73.0 Å². The monoisotopic (exact) mass is 477 g/mol. The van der Waals surface area contributed by atoms with E-state index >= 15 is 0 Å². The van der Waals surface area contributed by atoms with E-state index in [2.05, 4.69) is 30.0 Å². The second-order valence-corrected chi connectivity index (χ2v) is 11.1. The Morgan fingerprint density at radius 3 is 2.44 bits per heavy atom. The number of rotatable bonds is 6. The Balaban J connectivity index is 1.59. The molecule has 1 saturated carbocycles. The third-order valence-electron chi connectivity index (χ3n) is 7.24. The van der Waals surface area contributed by atoms with E-state index < -0.39 is 10.0 Å². The molecule has 3 heterocycles. The van der Waals surface area contributed by atoms with Gasteiger partial charge in [0.05, 0.1) is 11.1 Å². The standard InChI is InChI=1S/C26H31N5O2S/c1-4-29(2)22-12-10-19(11-13-22)20-14-24-25(21-16-28-30(3)17-21)18-31(26(24)27-15-20)34(32,33)23-8-6-5-7-9-23/h5-9,14-19,22H,4,10-13H2,1-3H3. The smallest absolute Gasteiger partial charge is 0.269 e. The van der Waals surface area contributed by atoms with Gasteiger partial charge in [-0.15, -0.1) is 0 Å². The van der Waals surface area contributed by atoms with Crippen molar-refractivity contribution >= 4 is 21.1 Å². The van der Waals surface area contributed by atoms with Crippen LogP contribution in [0.4, 0.5) is 0 Å². The van der Waals surface area contributed by atoms with Gasteiger partial charge in [0, 0.05) is 48.2 Å². The fraction of sp³-hybridized carbons (Fsp3) is 0.385. The summed E-state index contributed by atoms with van der Waals surface area (Å²) in [5.74, 6) is 0.439. The van der Waals surface area contributed by atoms with Crippen LogP contribution in [-0.2, 0) is 17.1 Å². The molecular weight excluding hydrogens is 446 g/mol. The fourth-order valence-corrected chi connectivity index (χ4v) is 6.45. The van der Waals surface area contributed by atoms with Crippen LogP contribution in [0.3, 0.4) is 0 Å². The predicted molar refractivity (Wildman–Crippen MR) is 134 cm³/mol. The van der Waals surface area contributed by atoms with E-state index in [0.29, 0.717) is 17.6 Å². The van der Waals surface area contributed by atoms with E-state index in [9.17, 15) is 8.42 Å². The fourth-order valence-electron chi connectivity index (χ4n) is 5.11. The van der Waals surface area contributed by atoms with Crippen molar-refractivity contribution in [2.45, 2.75) is 49.5 Å². The number of fused-ring (bicyclic) bond motifs is 1. The molecule has 0 saturated heterocycles. The number of hydrogen-bond acceptors (Lipinski definition) is 5. The Morgan fingerprint density at radius 1 is 1.06 bits per heavy atom. The van der Waals surface area contributed by atoms with E-state index in [1.165, 1.54) is 22.4 Å². The molecule has 1 aromatic carbocycles. The molecule has 1 aliphatic rings. The van der Waals surface area contributed by atoms with E-state index in [1.54, 1.807) is 41.3 Å². The molecule has 8 heteroatoms. The van der Waals surface area contributed by atoms with Gasteiger partial charge in [0.25, 0.3) is 10.0 Å². The zero-order valence-electron chi connectivity index (χ0n) is 19.9. The molecule has 0 spiro atoms. The molecule has 5 rings (SSSR count). The van der Waals surface area contributed by atoms with Gasteiger partial charge in [0.15, 0.2) is 5.65 Å². The maximum absolute atomic E-state index is 13.5. The van der Waals surface area contributed by atoms with Crippen molar-refractivity contribution in [3.8, 4) is 11.1 Å². The Morgan fingerprint density at radius 2 is 1.79 bits per heavy atom. The average molecular weight is 478 g/mol. The zero-order chi connectivity index (χ0) is 23.9. The number of hydrogen-bond donors (Lipinski definition) is 0. The minimum atomic E-state index is -3.78. The van der Waals surface area contributed by atoms with Crippen molar-refractivity contribution in [1.29, 1.82) is 0 Å². The molecule has 7 nitrogen and oxygen atoms in total. The summed E-state index contributed by atoms with van der Waals surface area (Å²) in [5, 5.41) is 5.15. The molecule has 0 bridgehead atoms. The van der Waals surface area contributed by atoms with Gasteiger partial charge in [-0.3, -0.25) is 4.68 Å². The molecule has 0 amide bonds. The van der Waals surface area contributed by atoms with Crippen LogP contribution >= 0.6 is 0 Å². The Hall–Kier alpha value is -2.97. The molecule has 0 aliphatic heterocycles. The van der Waals surface area contributed by atoms with Crippen molar-refractivity contribution in [1.82, 2.24) is 23.6 Å². The maximum atomic E-state index is 13.5. The van der Waals surface area contributed by atoms with E-state index in [1.807, 2.05) is 25.5 Å². The lowest BCUT2D eigenvalue weighted by Gasteiger charge is -2.34. The van der Waals surface area contributed by atoms with Crippen molar-refractivity contribution in [2.75, 3.05) is 13.6 Å². The van der Waals surface area contributed by atoms with E-state index in [0.717, 1.165) is 35.9 Å². The molecular formula is C26H31N5O2S. The number of benzene rings is 1. The normalized spacial score (nSPS) is 19.2. The first-order chi connectivity index (χ1) is 16.4. The highest BCUT2D eigenvalue weighted by Crippen LogP contribution is 2.38. The Kier molecular flexibility index (Phi) is 6.04. The van der Waals surface area contributed by atoms with Gasteiger partial charge in [0.1, 0.15) is 0 Å². The molecule has 178 valence electrons. The summed E-state index contributed by atoms with van der Waals surface area (Å²) in [4.78, 5) is 7.40. The lowest BCUT2D eigenvalue weighted by atomic mass is 9.81. The van der Waals surface area contributed by atoms with E-state index in [4.69, 9.17) is 4.98 Å². The van der Waals surface area contributed by atoms with Gasteiger partial charge in [-0.05, 0) is 69.0 Å². The Labute approximate surface area is 201 Å². The molecule has 3 aromatic heterocycles. The first-order valence-electron chi connectivity index (χ1n) is 11.9. The summed E-state index contributed by atoms with van der Waals surface area (Å²) >= 11 is 0. The zero-order valence-corrected chi connectivity index (χ0v) is 20.7. The van der Waals surface area contributed by atoms with Crippen LogP contribution in [0.5, 0.6) is 0 Å². The Bertz CT molecular complexity index is 1400. The molecule has 0 atom stereocenters. The summed E-state index contributed by atoms with van der Waals surface area (Å²) in [6.07, 6.45) is 11.8. The van der Waals surface area contributed by atoms with Gasteiger partial charge in [-0.2, -0.15) is 5.10 Å². The van der Waals surface area contributed by atoms with Crippen molar-refractivity contribution in [3.05, 3.63) is 66.7 Å². The summed E-state index contributed by atoms with van der Waals surface area (Å²) < 4.78 is 30.1. The summed E-state index contributed by atoms with van der Waals surface area (Å²) in [7, 11) is 0.281. The van der Waals surface area contributed by atoms with Gasteiger partial charge in [0.2, 0.25) is 0 Å². The first-order valence-corrected chi connectivity index (χ1v) is 13.3. The molecule has 4 aromatic rings. The largest absolute Gasteiger partial charge is 0.304 e. The highest BCUT2D eigenvalue weighted by Gasteiger charge is 2.27. The second-order valence-electron chi connectivity index (χ2n) is 9.28. The lowest BCUT2D eigenvalue weighted by Crippen LogP contribution is -2.34.